The van der Waals surface area contributed by atoms with E-state index in [1.807, 2.05) is 0 Å². The maximum atomic E-state index is 12.0. The van der Waals surface area contributed by atoms with Crippen molar-refractivity contribution in [1.29, 1.82) is 0 Å². The predicted octanol–water partition coefficient (Wildman–Crippen LogP) is 0.623. The van der Waals surface area contributed by atoms with E-state index in [-0.39, 0.29) is 23.0 Å². The van der Waals surface area contributed by atoms with Gasteiger partial charge in [-0.3, -0.25) is 9.59 Å². The Labute approximate surface area is 110 Å². The Hall–Kier alpha value is -1.95. The van der Waals surface area contributed by atoms with E-state index in [0.717, 1.165) is 26.0 Å². The van der Waals surface area contributed by atoms with Crippen molar-refractivity contribution in [2.75, 3.05) is 26.2 Å². The van der Waals surface area contributed by atoms with E-state index in [1.54, 1.807) is 0 Å². The number of likely N-dealkylation sites (tertiary alicyclic amines) is 1. The number of Topliss-reactive ketones (excluding diaryl/α,β-unsaturated/α-hetero) is 1. The van der Waals surface area contributed by atoms with Crippen LogP contribution in [0, 0.1) is 0 Å². The van der Waals surface area contributed by atoms with Crippen LogP contribution >= 0.6 is 0 Å². The summed E-state index contributed by atoms with van der Waals surface area (Å²) in [6.45, 7) is 3.75. The van der Waals surface area contributed by atoms with Crippen LogP contribution in [0.25, 0.3) is 0 Å². The third-order valence-corrected chi connectivity index (χ3v) is 3.47. The zero-order chi connectivity index (χ0) is 13.2. The van der Waals surface area contributed by atoms with Crippen LogP contribution in [0.4, 0.5) is 0 Å². The van der Waals surface area contributed by atoms with Crippen molar-refractivity contribution in [2.45, 2.75) is 12.8 Å². The molecule has 2 heterocycles. The Bertz CT molecular complexity index is 541. The molecule has 6 nitrogen and oxygen atoms in total. The molecule has 0 unspecified atom stereocenters. The SMILES string of the molecule is O=C1C=C(NCCN2CCCC2)C(=O)c2ocnc21. The van der Waals surface area contributed by atoms with Crippen molar-refractivity contribution < 1.29 is 14.0 Å². The number of nitrogens with zero attached hydrogens (tertiary/aromatic N) is 2. The molecule has 1 aliphatic heterocycles. The lowest BCUT2D eigenvalue weighted by Crippen LogP contribution is -2.33. The van der Waals surface area contributed by atoms with E-state index in [4.69, 9.17) is 4.42 Å². The van der Waals surface area contributed by atoms with Crippen molar-refractivity contribution in [2.24, 2.45) is 0 Å². The van der Waals surface area contributed by atoms with Gasteiger partial charge < -0.3 is 14.6 Å². The smallest absolute Gasteiger partial charge is 0.246 e. The van der Waals surface area contributed by atoms with Crippen LogP contribution in [0.5, 0.6) is 0 Å². The van der Waals surface area contributed by atoms with E-state index in [0.29, 0.717) is 12.2 Å². The number of fused-ring (bicyclic) bond motifs is 1. The molecule has 0 saturated carbocycles. The summed E-state index contributed by atoms with van der Waals surface area (Å²) in [5.41, 5.74) is 0.406. The Morgan fingerprint density at radius 3 is 2.89 bits per heavy atom. The molecule has 1 aliphatic carbocycles. The highest BCUT2D eigenvalue weighted by Gasteiger charge is 2.30. The normalized spacial score (nSPS) is 19.5. The summed E-state index contributed by atoms with van der Waals surface area (Å²) in [6, 6.07) is 0. The Balaban J connectivity index is 1.62. The van der Waals surface area contributed by atoms with Crippen molar-refractivity contribution in [3.05, 3.63) is 29.6 Å². The Morgan fingerprint density at radius 1 is 1.32 bits per heavy atom. The average Bonchev–Trinajstić information content (AvgIpc) is 3.06. The van der Waals surface area contributed by atoms with Gasteiger partial charge in [-0.2, -0.15) is 0 Å². The number of oxazole rings is 1. The van der Waals surface area contributed by atoms with Crippen LogP contribution < -0.4 is 5.32 Å². The molecule has 0 amide bonds. The molecule has 0 spiro atoms. The molecule has 1 N–H and O–H groups in total. The number of hydrogen-bond acceptors (Lipinski definition) is 6. The van der Waals surface area contributed by atoms with Gasteiger partial charge in [0.25, 0.3) is 0 Å². The minimum absolute atomic E-state index is 0.0381. The van der Waals surface area contributed by atoms with Gasteiger partial charge in [0.05, 0.1) is 5.70 Å². The third-order valence-electron chi connectivity index (χ3n) is 3.47. The average molecular weight is 261 g/mol. The maximum Gasteiger partial charge on any atom is 0.246 e. The molecular formula is C13H15N3O3. The van der Waals surface area contributed by atoms with Crippen LogP contribution in [-0.4, -0.2) is 47.6 Å². The number of ketones is 2. The number of carbonyl (C=O) groups excluding carboxylic acids is 2. The van der Waals surface area contributed by atoms with Crippen LogP contribution in [0.2, 0.25) is 0 Å². The second-order valence-corrected chi connectivity index (χ2v) is 4.76. The molecule has 0 aromatic carbocycles. The van der Waals surface area contributed by atoms with Crippen LogP contribution in [0.1, 0.15) is 33.9 Å². The quantitative estimate of drug-likeness (QED) is 0.856. The summed E-state index contributed by atoms with van der Waals surface area (Å²) < 4.78 is 4.98. The van der Waals surface area contributed by atoms with E-state index in [2.05, 4.69) is 15.2 Å². The zero-order valence-electron chi connectivity index (χ0n) is 10.5. The van der Waals surface area contributed by atoms with Gasteiger partial charge in [-0.25, -0.2) is 4.98 Å². The van der Waals surface area contributed by atoms with Crippen LogP contribution in [0.3, 0.4) is 0 Å². The van der Waals surface area contributed by atoms with Gasteiger partial charge in [-0.15, -0.1) is 0 Å². The van der Waals surface area contributed by atoms with Crippen molar-refractivity contribution in [3.8, 4) is 0 Å². The molecule has 1 fully saturated rings. The fraction of sp³-hybridized carbons (Fsp3) is 0.462. The second-order valence-electron chi connectivity index (χ2n) is 4.76. The van der Waals surface area contributed by atoms with E-state index in [9.17, 15) is 9.59 Å². The lowest BCUT2D eigenvalue weighted by Gasteiger charge is -2.17. The number of allylic oxidation sites excluding steroid dienone is 2. The van der Waals surface area contributed by atoms with Crippen LogP contribution in [0.15, 0.2) is 22.6 Å². The first-order chi connectivity index (χ1) is 9.25. The largest absolute Gasteiger partial charge is 0.439 e. The van der Waals surface area contributed by atoms with Gasteiger partial charge in [0.2, 0.25) is 17.3 Å². The van der Waals surface area contributed by atoms with Crippen molar-refractivity contribution >= 4 is 11.6 Å². The van der Waals surface area contributed by atoms with Gasteiger partial charge in [0.1, 0.15) is 0 Å². The minimum Gasteiger partial charge on any atom is -0.439 e. The molecule has 3 rings (SSSR count). The topological polar surface area (TPSA) is 75.4 Å². The monoisotopic (exact) mass is 261 g/mol. The summed E-state index contributed by atoms with van der Waals surface area (Å²) in [5, 5.41) is 3.02. The molecule has 0 radical (unpaired) electrons. The fourth-order valence-electron chi connectivity index (χ4n) is 2.46. The highest BCUT2D eigenvalue weighted by molar-refractivity contribution is 6.22. The highest BCUT2D eigenvalue weighted by atomic mass is 16.3. The highest BCUT2D eigenvalue weighted by Crippen LogP contribution is 2.18. The molecular weight excluding hydrogens is 246 g/mol. The van der Waals surface area contributed by atoms with Crippen molar-refractivity contribution in [1.82, 2.24) is 15.2 Å². The minimum atomic E-state index is -0.298. The summed E-state index contributed by atoms with van der Waals surface area (Å²) in [5.74, 6) is -0.545. The molecule has 6 heteroatoms. The molecule has 2 aliphatic rings. The van der Waals surface area contributed by atoms with E-state index in [1.165, 1.54) is 18.9 Å². The second kappa shape index (κ2) is 4.97. The van der Waals surface area contributed by atoms with E-state index >= 15 is 0 Å². The first-order valence-corrected chi connectivity index (χ1v) is 6.46. The Kier molecular flexibility index (Phi) is 3.16. The third kappa shape index (κ3) is 2.31. The molecule has 19 heavy (non-hydrogen) atoms. The van der Waals surface area contributed by atoms with Gasteiger partial charge in [0, 0.05) is 19.2 Å². The zero-order valence-corrected chi connectivity index (χ0v) is 10.5. The fourth-order valence-corrected chi connectivity index (χ4v) is 2.46. The van der Waals surface area contributed by atoms with Crippen LogP contribution in [-0.2, 0) is 0 Å². The van der Waals surface area contributed by atoms with Gasteiger partial charge in [0.15, 0.2) is 12.1 Å². The van der Waals surface area contributed by atoms with E-state index < -0.39 is 0 Å². The molecule has 0 bridgehead atoms. The van der Waals surface area contributed by atoms with Crippen molar-refractivity contribution in [3.63, 3.8) is 0 Å². The number of nitrogens with one attached hydrogen (secondary N) is 1. The lowest BCUT2D eigenvalue weighted by atomic mass is 10.0. The van der Waals surface area contributed by atoms with Gasteiger partial charge >= 0.3 is 0 Å². The number of carbonyl (C=O) groups is 2. The Morgan fingerprint density at radius 2 is 2.11 bits per heavy atom. The standard InChI is InChI=1S/C13H15N3O3/c17-10-7-9(12(18)13-11(10)15-8-19-13)14-3-6-16-4-1-2-5-16/h7-8,14H,1-6H2. The first-order valence-electron chi connectivity index (χ1n) is 6.46. The summed E-state index contributed by atoms with van der Waals surface area (Å²) >= 11 is 0. The molecule has 1 saturated heterocycles. The number of rotatable bonds is 4. The molecule has 1 aromatic rings. The molecule has 1 aromatic heterocycles. The summed E-state index contributed by atoms with van der Waals surface area (Å²) in [4.78, 5) is 29.8. The maximum absolute atomic E-state index is 12.0. The molecule has 100 valence electrons. The predicted molar refractivity (Wildman–Crippen MR) is 66.9 cm³/mol. The first kappa shape index (κ1) is 12.1. The van der Waals surface area contributed by atoms with Gasteiger partial charge in [-0.05, 0) is 25.9 Å². The number of hydrogen-bond donors (Lipinski definition) is 1. The lowest BCUT2D eigenvalue weighted by molar-refractivity contribution is 0.0956. The summed E-state index contributed by atoms with van der Waals surface area (Å²) in [6.07, 6.45) is 4.90. The summed E-state index contributed by atoms with van der Waals surface area (Å²) in [7, 11) is 0. The molecule has 0 atom stereocenters. The van der Waals surface area contributed by atoms with Gasteiger partial charge in [-0.1, -0.05) is 0 Å². The number of aromatic nitrogens is 1.